The number of hydrogen-bond donors (Lipinski definition) is 1. The SMILES string of the molecule is CC(C)n1cc([C@@]2(O)CCCN(CCOCC(F)(F)F)C2)nn1. The molecule has 1 aromatic heterocycles. The summed E-state index contributed by atoms with van der Waals surface area (Å²) in [4.78, 5) is 1.90. The molecule has 0 amide bonds. The van der Waals surface area contributed by atoms with Crippen LogP contribution >= 0.6 is 0 Å². The first kappa shape index (κ1) is 18.2. The highest BCUT2D eigenvalue weighted by Crippen LogP contribution is 2.30. The fraction of sp³-hybridized carbons (Fsp3) is 0.857. The molecule has 0 unspecified atom stereocenters. The van der Waals surface area contributed by atoms with Gasteiger partial charge in [-0.05, 0) is 33.2 Å². The summed E-state index contributed by atoms with van der Waals surface area (Å²) in [6, 6.07) is 0.148. The van der Waals surface area contributed by atoms with Crippen LogP contribution in [0, 0.1) is 0 Å². The lowest BCUT2D eigenvalue weighted by atomic mass is 9.90. The standard InChI is InChI=1S/C14H23F3N4O2/c1-11(2)21-8-12(18-19-21)13(22)4-3-5-20(9-13)6-7-23-10-14(15,16)17/h8,11,22H,3-7,9-10H2,1-2H3/t13-/m1/s1. The summed E-state index contributed by atoms with van der Waals surface area (Å²) < 4.78 is 42.4. The number of halogens is 3. The molecule has 0 bridgehead atoms. The maximum absolute atomic E-state index is 12.0. The molecule has 0 aliphatic carbocycles. The third kappa shape index (κ3) is 5.15. The number of β-amino-alcohol motifs (C(OH)–C–C–N with tert-alkyl or cyclic N) is 1. The van der Waals surface area contributed by atoms with Gasteiger partial charge in [-0.25, -0.2) is 4.68 Å². The van der Waals surface area contributed by atoms with Gasteiger partial charge in [0.1, 0.15) is 17.9 Å². The summed E-state index contributed by atoms with van der Waals surface area (Å²) in [5.74, 6) is 0. The molecule has 1 saturated heterocycles. The predicted molar refractivity (Wildman–Crippen MR) is 76.9 cm³/mol. The molecule has 1 aromatic rings. The van der Waals surface area contributed by atoms with E-state index in [1.165, 1.54) is 0 Å². The second kappa shape index (κ2) is 7.14. The Morgan fingerprint density at radius 1 is 1.43 bits per heavy atom. The van der Waals surface area contributed by atoms with E-state index in [4.69, 9.17) is 0 Å². The van der Waals surface area contributed by atoms with E-state index in [9.17, 15) is 18.3 Å². The summed E-state index contributed by atoms with van der Waals surface area (Å²) in [5.41, 5.74) is -0.609. The molecule has 0 saturated carbocycles. The van der Waals surface area contributed by atoms with Gasteiger partial charge in [-0.1, -0.05) is 5.21 Å². The van der Waals surface area contributed by atoms with Gasteiger partial charge in [0.2, 0.25) is 0 Å². The Labute approximate surface area is 133 Å². The van der Waals surface area contributed by atoms with E-state index in [-0.39, 0.29) is 12.6 Å². The monoisotopic (exact) mass is 336 g/mol. The van der Waals surface area contributed by atoms with Crippen molar-refractivity contribution >= 4 is 0 Å². The van der Waals surface area contributed by atoms with Gasteiger partial charge in [-0.2, -0.15) is 13.2 Å². The normalized spacial score (nSPS) is 23.6. The molecule has 1 aliphatic rings. The lowest BCUT2D eigenvalue weighted by molar-refractivity contribution is -0.175. The van der Waals surface area contributed by atoms with Crippen molar-refractivity contribution in [3.05, 3.63) is 11.9 Å². The minimum Gasteiger partial charge on any atom is -0.382 e. The molecule has 1 atom stereocenters. The second-order valence-electron chi connectivity index (χ2n) is 6.26. The zero-order valence-electron chi connectivity index (χ0n) is 13.4. The van der Waals surface area contributed by atoms with Gasteiger partial charge in [-0.15, -0.1) is 5.10 Å². The lowest BCUT2D eigenvalue weighted by Gasteiger charge is -2.37. The summed E-state index contributed by atoms with van der Waals surface area (Å²) in [5, 5.41) is 18.9. The van der Waals surface area contributed by atoms with Crippen molar-refractivity contribution in [2.45, 2.75) is 44.5 Å². The Balaban J connectivity index is 1.88. The maximum Gasteiger partial charge on any atom is 0.411 e. The van der Waals surface area contributed by atoms with E-state index in [0.29, 0.717) is 25.2 Å². The molecule has 9 heteroatoms. The smallest absolute Gasteiger partial charge is 0.382 e. The Bertz CT molecular complexity index is 506. The molecule has 0 radical (unpaired) electrons. The van der Waals surface area contributed by atoms with Crippen LogP contribution in [0.2, 0.25) is 0 Å². The van der Waals surface area contributed by atoms with Crippen LogP contribution in [0.4, 0.5) is 13.2 Å². The van der Waals surface area contributed by atoms with Crippen LogP contribution < -0.4 is 0 Å². The molecular weight excluding hydrogens is 313 g/mol. The topological polar surface area (TPSA) is 63.4 Å². The van der Waals surface area contributed by atoms with Crippen LogP contribution in [-0.2, 0) is 10.3 Å². The van der Waals surface area contributed by atoms with Gasteiger partial charge >= 0.3 is 6.18 Å². The summed E-state index contributed by atoms with van der Waals surface area (Å²) in [6.45, 7) is 4.05. The minimum absolute atomic E-state index is 0.0196. The molecule has 0 aromatic carbocycles. The van der Waals surface area contributed by atoms with Crippen molar-refractivity contribution in [3.63, 3.8) is 0 Å². The van der Waals surface area contributed by atoms with E-state index in [1.54, 1.807) is 10.9 Å². The molecule has 1 N–H and O–H groups in total. The van der Waals surface area contributed by atoms with Crippen molar-refractivity contribution < 1.29 is 23.0 Å². The van der Waals surface area contributed by atoms with Gasteiger partial charge in [0.25, 0.3) is 0 Å². The van der Waals surface area contributed by atoms with E-state index in [2.05, 4.69) is 15.0 Å². The van der Waals surface area contributed by atoms with Gasteiger partial charge < -0.3 is 9.84 Å². The third-order valence-electron chi connectivity index (χ3n) is 3.88. The van der Waals surface area contributed by atoms with Gasteiger partial charge in [0.15, 0.2) is 0 Å². The third-order valence-corrected chi connectivity index (χ3v) is 3.88. The van der Waals surface area contributed by atoms with Crippen molar-refractivity contribution in [1.82, 2.24) is 19.9 Å². The second-order valence-corrected chi connectivity index (χ2v) is 6.26. The van der Waals surface area contributed by atoms with Gasteiger partial charge in [-0.3, -0.25) is 4.90 Å². The van der Waals surface area contributed by atoms with Crippen LogP contribution in [0.15, 0.2) is 6.20 Å². The number of aliphatic hydroxyl groups is 1. The molecule has 1 aliphatic heterocycles. The highest BCUT2D eigenvalue weighted by Gasteiger charge is 2.37. The van der Waals surface area contributed by atoms with Crippen LogP contribution in [0.1, 0.15) is 38.4 Å². The van der Waals surface area contributed by atoms with Crippen molar-refractivity contribution in [2.75, 3.05) is 32.8 Å². The van der Waals surface area contributed by atoms with Crippen molar-refractivity contribution in [1.29, 1.82) is 0 Å². The highest BCUT2D eigenvalue weighted by atomic mass is 19.4. The number of rotatable bonds is 6. The van der Waals surface area contributed by atoms with Gasteiger partial charge in [0, 0.05) is 19.1 Å². The number of ether oxygens (including phenoxy) is 1. The lowest BCUT2D eigenvalue weighted by Crippen LogP contribution is -2.47. The first-order valence-electron chi connectivity index (χ1n) is 7.71. The van der Waals surface area contributed by atoms with E-state index < -0.39 is 18.4 Å². The van der Waals surface area contributed by atoms with E-state index in [0.717, 1.165) is 13.0 Å². The number of alkyl halides is 3. The molecule has 6 nitrogen and oxygen atoms in total. The molecular formula is C14H23F3N4O2. The highest BCUT2D eigenvalue weighted by molar-refractivity contribution is 5.09. The fourth-order valence-electron chi connectivity index (χ4n) is 2.65. The molecule has 1 fully saturated rings. The van der Waals surface area contributed by atoms with E-state index in [1.807, 2.05) is 18.7 Å². The molecule has 2 heterocycles. The van der Waals surface area contributed by atoms with Crippen LogP contribution in [0.25, 0.3) is 0 Å². The Morgan fingerprint density at radius 3 is 2.78 bits per heavy atom. The Morgan fingerprint density at radius 2 is 2.17 bits per heavy atom. The molecule has 2 rings (SSSR count). The summed E-state index contributed by atoms with van der Waals surface area (Å²) >= 11 is 0. The van der Waals surface area contributed by atoms with Gasteiger partial charge in [0.05, 0.1) is 12.8 Å². The molecule has 23 heavy (non-hydrogen) atoms. The van der Waals surface area contributed by atoms with Crippen LogP contribution in [-0.4, -0.2) is 64.0 Å². The average Bonchev–Trinajstić information content (AvgIpc) is 2.93. The fourth-order valence-corrected chi connectivity index (χ4v) is 2.65. The predicted octanol–water partition coefficient (Wildman–Crippen LogP) is 1.72. The zero-order valence-corrected chi connectivity index (χ0v) is 13.4. The van der Waals surface area contributed by atoms with E-state index >= 15 is 0 Å². The van der Waals surface area contributed by atoms with Crippen LogP contribution in [0.3, 0.4) is 0 Å². The van der Waals surface area contributed by atoms with Crippen LogP contribution in [0.5, 0.6) is 0 Å². The van der Waals surface area contributed by atoms with Crippen molar-refractivity contribution in [2.24, 2.45) is 0 Å². The number of aromatic nitrogens is 3. The maximum atomic E-state index is 12.0. The number of piperidine rings is 1. The minimum atomic E-state index is -4.31. The molecule has 132 valence electrons. The summed E-state index contributed by atoms with van der Waals surface area (Å²) in [6.07, 6.45) is -1.28. The Hall–Kier alpha value is -1.19. The molecule has 0 spiro atoms. The quantitative estimate of drug-likeness (QED) is 0.802. The first-order valence-corrected chi connectivity index (χ1v) is 7.71. The Kier molecular flexibility index (Phi) is 5.64. The number of likely N-dealkylation sites (tertiary alicyclic amines) is 1. The largest absolute Gasteiger partial charge is 0.411 e. The zero-order chi connectivity index (χ0) is 17.1. The average molecular weight is 336 g/mol. The summed E-state index contributed by atoms with van der Waals surface area (Å²) in [7, 11) is 0. The number of nitrogens with zero attached hydrogens (tertiary/aromatic N) is 4. The first-order chi connectivity index (χ1) is 10.7. The van der Waals surface area contributed by atoms with Crippen molar-refractivity contribution in [3.8, 4) is 0 Å². The number of hydrogen-bond acceptors (Lipinski definition) is 5.